The Kier molecular flexibility index (Phi) is 6.53. The Balaban J connectivity index is 1.27. The van der Waals surface area contributed by atoms with Crippen molar-refractivity contribution in [3.63, 3.8) is 0 Å². The Morgan fingerprint density at radius 1 is 0.434 bits per heavy atom. The maximum absolute atomic E-state index is 2.60. The fourth-order valence-corrected chi connectivity index (χ4v) is 10.3. The quantitative estimate of drug-likeness (QED) is 0.177. The maximum atomic E-state index is 2.60. The lowest BCUT2D eigenvalue weighted by molar-refractivity contribution is 0.661. The first-order valence-electron chi connectivity index (χ1n) is 18.4. The van der Waals surface area contributed by atoms with Crippen molar-refractivity contribution in [2.24, 2.45) is 0 Å². The summed E-state index contributed by atoms with van der Waals surface area (Å²) in [6, 6.07) is 65.5. The summed E-state index contributed by atoms with van der Waals surface area (Å²) in [5.41, 5.74) is 11.2. The summed E-state index contributed by atoms with van der Waals surface area (Å²) in [5.74, 6) is 0. The van der Waals surface area contributed by atoms with E-state index < -0.39 is 0 Å². The van der Waals surface area contributed by atoms with Crippen molar-refractivity contribution in [1.29, 1.82) is 0 Å². The zero-order chi connectivity index (χ0) is 35.3. The molecule has 2 heteroatoms. The minimum absolute atomic E-state index is 0.239. The van der Waals surface area contributed by atoms with Crippen LogP contribution in [-0.4, -0.2) is 0 Å². The molecule has 0 radical (unpaired) electrons. The number of anilines is 3. The molecule has 250 valence electrons. The average molecular weight is 694 g/mol. The van der Waals surface area contributed by atoms with Crippen molar-refractivity contribution < 1.29 is 0 Å². The van der Waals surface area contributed by atoms with Gasteiger partial charge in [-0.2, -0.15) is 0 Å². The van der Waals surface area contributed by atoms with Gasteiger partial charge in [0, 0.05) is 26.5 Å². The first-order chi connectivity index (χ1) is 26.0. The largest absolute Gasteiger partial charge is 0.308 e. The zero-order valence-corrected chi connectivity index (χ0v) is 30.4. The highest BCUT2D eigenvalue weighted by molar-refractivity contribution is 7.26. The van der Waals surface area contributed by atoms with Gasteiger partial charge >= 0.3 is 0 Å². The van der Waals surface area contributed by atoms with Crippen LogP contribution in [0.2, 0.25) is 0 Å². The molecular formula is C51H35NS. The molecule has 53 heavy (non-hydrogen) atoms. The molecule has 11 rings (SSSR count). The molecule has 0 N–H and O–H groups in total. The number of thiophene rings is 1. The molecule has 0 amide bonds. The summed E-state index contributed by atoms with van der Waals surface area (Å²) in [7, 11) is 0. The van der Waals surface area contributed by atoms with E-state index in [9.17, 15) is 0 Å². The second-order valence-corrected chi connectivity index (χ2v) is 16.0. The number of benzene rings is 9. The lowest BCUT2D eigenvalue weighted by Crippen LogP contribution is -2.21. The van der Waals surface area contributed by atoms with Crippen LogP contribution in [0.4, 0.5) is 17.1 Å². The summed E-state index contributed by atoms with van der Waals surface area (Å²) >= 11 is 1.89. The summed E-state index contributed by atoms with van der Waals surface area (Å²) < 4.78 is 2.60. The Morgan fingerprint density at radius 2 is 1.06 bits per heavy atom. The van der Waals surface area contributed by atoms with Gasteiger partial charge in [-0.1, -0.05) is 147 Å². The van der Waals surface area contributed by atoms with Gasteiger partial charge in [-0.3, -0.25) is 0 Å². The number of rotatable bonds is 4. The van der Waals surface area contributed by atoms with Gasteiger partial charge in [0.05, 0.1) is 21.8 Å². The van der Waals surface area contributed by atoms with E-state index in [2.05, 4.69) is 195 Å². The Labute approximate surface area is 313 Å². The SMILES string of the molecule is CC1(C)c2cc3ccccc3cc2-c2cccc(N(c3ccc4ccccc4c3-c3ccc4ccccc4c3)c3cccc4c3sc3ccccc34)c21. The zero-order valence-electron chi connectivity index (χ0n) is 29.6. The molecule has 10 aromatic rings. The normalized spacial score (nSPS) is 13.2. The van der Waals surface area contributed by atoms with Crippen molar-refractivity contribution in [3.05, 3.63) is 187 Å². The summed E-state index contributed by atoms with van der Waals surface area (Å²) in [5, 5.41) is 10.1. The minimum Gasteiger partial charge on any atom is -0.308 e. The molecule has 0 spiro atoms. The van der Waals surface area contributed by atoms with Gasteiger partial charge in [0.1, 0.15) is 0 Å². The van der Waals surface area contributed by atoms with E-state index in [0.29, 0.717) is 0 Å². The predicted octanol–water partition coefficient (Wildman–Crippen LogP) is 15.0. The fourth-order valence-electron chi connectivity index (χ4n) is 9.11. The van der Waals surface area contributed by atoms with Crippen LogP contribution in [0.3, 0.4) is 0 Å². The molecule has 0 unspecified atom stereocenters. The highest BCUT2D eigenvalue weighted by atomic mass is 32.1. The van der Waals surface area contributed by atoms with Gasteiger partial charge in [-0.15, -0.1) is 11.3 Å². The Morgan fingerprint density at radius 3 is 1.89 bits per heavy atom. The number of nitrogens with zero attached hydrogens (tertiary/aromatic N) is 1. The first-order valence-corrected chi connectivity index (χ1v) is 19.2. The van der Waals surface area contributed by atoms with E-state index in [0.717, 1.165) is 0 Å². The molecule has 0 fully saturated rings. The first kappa shape index (κ1) is 30.4. The third-order valence-electron chi connectivity index (χ3n) is 11.6. The van der Waals surface area contributed by atoms with Crippen molar-refractivity contribution in [2.45, 2.75) is 19.3 Å². The molecule has 0 saturated carbocycles. The van der Waals surface area contributed by atoms with E-state index >= 15 is 0 Å². The van der Waals surface area contributed by atoms with E-state index in [1.165, 1.54) is 103 Å². The fraction of sp³-hybridized carbons (Fsp3) is 0.0588. The van der Waals surface area contributed by atoms with E-state index in [4.69, 9.17) is 0 Å². The third kappa shape index (κ3) is 4.49. The lowest BCUT2D eigenvalue weighted by Gasteiger charge is -2.34. The maximum Gasteiger partial charge on any atom is 0.0640 e. The van der Waals surface area contributed by atoms with Crippen molar-refractivity contribution in [1.82, 2.24) is 0 Å². The summed E-state index contributed by atoms with van der Waals surface area (Å²) in [4.78, 5) is 2.60. The van der Waals surface area contributed by atoms with Crippen molar-refractivity contribution in [3.8, 4) is 22.3 Å². The molecule has 1 aliphatic rings. The summed E-state index contributed by atoms with van der Waals surface area (Å²) in [6.07, 6.45) is 0. The van der Waals surface area contributed by atoms with Crippen molar-refractivity contribution >= 4 is 80.9 Å². The van der Waals surface area contributed by atoms with Gasteiger partial charge < -0.3 is 4.90 Å². The van der Waals surface area contributed by atoms with Gasteiger partial charge in [0.15, 0.2) is 0 Å². The van der Waals surface area contributed by atoms with Crippen LogP contribution in [0.1, 0.15) is 25.0 Å². The number of hydrogen-bond acceptors (Lipinski definition) is 2. The van der Waals surface area contributed by atoms with E-state index in [1.807, 2.05) is 11.3 Å². The second kappa shape index (κ2) is 11.4. The van der Waals surface area contributed by atoms with Crippen molar-refractivity contribution in [2.75, 3.05) is 4.90 Å². The lowest BCUT2D eigenvalue weighted by atomic mass is 9.80. The number of fused-ring (bicyclic) bond motifs is 9. The van der Waals surface area contributed by atoms with Crippen LogP contribution in [-0.2, 0) is 5.41 Å². The van der Waals surface area contributed by atoms with Crippen LogP contribution in [0, 0.1) is 0 Å². The average Bonchev–Trinajstić information content (AvgIpc) is 3.69. The molecule has 1 nitrogen and oxygen atoms in total. The van der Waals surface area contributed by atoms with Crippen LogP contribution in [0.15, 0.2) is 176 Å². The van der Waals surface area contributed by atoms with Crippen LogP contribution in [0.25, 0.3) is 74.7 Å². The van der Waals surface area contributed by atoms with Gasteiger partial charge in [0.25, 0.3) is 0 Å². The topological polar surface area (TPSA) is 3.24 Å². The van der Waals surface area contributed by atoms with E-state index in [-0.39, 0.29) is 5.41 Å². The standard InChI is InChI=1S/C51H35NS/c1-51(2)43-31-36-17-6-5-16-35(36)30-42(43)40-20-11-22-45(49(40)51)52(46-23-12-21-41-39-19-9-10-24-47(39)53-50(41)46)44-28-27-33-14-7-8-18-38(33)48(44)37-26-25-32-13-3-4-15-34(32)29-37/h3-31H,1-2H3. The predicted molar refractivity (Wildman–Crippen MR) is 230 cm³/mol. The molecule has 1 aromatic heterocycles. The molecule has 0 aliphatic heterocycles. The highest BCUT2D eigenvalue weighted by Gasteiger charge is 2.40. The minimum atomic E-state index is -0.239. The molecule has 9 aromatic carbocycles. The smallest absolute Gasteiger partial charge is 0.0640 e. The molecule has 1 aliphatic carbocycles. The molecule has 0 atom stereocenters. The van der Waals surface area contributed by atoms with Crippen LogP contribution >= 0.6 is 11.3 Å². The highest BCUT2D eigenvalue weighted by Crippen LogP contribution is 2.57. The molecule has 1 heterocycles. The van der Waals surface area contributed by atoms with Gasteiger partial charge in [-0.05, 0) is 103 Å². The van der Waals surface area contributed by atoms with E-state index in [1.54, 1.807) is 0 Å². The molecule has 0 bridgehead atoms. The van der Waals surface area contributed by atoms with Crippen LogP contribution < -0.4 is 4.90 Å². The monoisotopic (exact) mass is 693 g/mol. The molecule has 0 saturated heterocycles. The Bertz CT molecular complexity index is 3110. The Hall–Kier alpha value is -6.22. The van der Waals surface area contributed by atoms with Gasteiger partial charge in [-0.25, -0.2) is 0 Å². The summed E-state index contributed by atoms with van der Waals surface area (Å²) in [6.45, 7) is 4.83. The third-order valence-corrected chi connectivity index (χ3v) is 12.8. The second-order valence-electron chi connectivity index (χ2n) is 14.9. The number of hydrogen-bond donors (Lipinski definition) is 0. The van der Waals surface area contributed by atoms with Gasteiger partial charge in [0.2, 0.25) is 0 Å². The molecular weight excluding hydrogens is 659 g/mol. The van der Waals surface area contributed by atoms with Crippen LogP contribution in [0.5, 0.6) is 0 Å².